The van der Waals surface area contributed by atoms with E-state index in [-0.39, 0.29) is 0 Å². The number of nitrogens with zero attached hydrogens (tertiary/aromatic N) is 3. The molecule has 0 spiro atoms. The summed E-state index contributed by atoms with van der Waals surface area (Å²) in [6.07, 6.45) is 0. The number of hydrogen-bond donors (Lipinski definition) is 0. The molecule has 0 amide bonds. The Morgan fingerprint density at radius 3 is 0.983 bits per heavy atom. The second-order valence-electron chi connectivity index (χ2n) is 14.9. The van der Waals surface area contributed by atoms with Gasteiger partial charge in [0.15, 0.2) is 0 Å². The maximum atomic E-state index is 10.7. The van der Waals surface area contributed by atoms with Crippen LogP contribution in [0.5, 0.6) is 0 Å². The summed E-state index contributed by atoms with van der Waals surface area (Å²) in [6, 6.07) is 78.1. The van der Waals surface area contributed by atoms with Crippen LogP contribution < -0.4 is 0 Å². The first-order chi connectivity index (χ1) is 28.7. The number of nitriles is 1. The number of hydrogen-bond acceptors (Lipinski definition) is 1. The van der Waals surface area contributed by atoms with Crippen LogP contribution >= 0.6 is 0 Å². The molecule has 9 aromatic carbocycles. The molecule has 0 aliphatic heterocycles. The van der Waals surface area contributed by atoms with Crippen molar-refractivity contribution in [3.05, 3.63) is 218 Å². The van der Waals surface area contributed by atoms with E-state index in [4.69, 9.17) is 0 Å². The minimum Gasteiger partial charge on any atom is -0.309 e. The van der Waals surface area contributed by atoms with Gasteiger partial charge in [0, 0.05) is 32.9 Å². The molecule has 0 atom stereocenters. The normalized spacial score (nSPS) is 11.4. The fourth-order valence-corrected chi connectivity index (χ4v) is 8.76. The summed E-state index contributed by atoms with van der Waals surface area (Å²) >= 11 is 0. The summed E-state index contributed by atoms with van der Waals surface area (Å²) in [5.41, 5.74) is 16.1. The van der Waals surface area contributed by atoms with Gasteiger partial charge in [-0.2, -0.15) is 5.26 Å². The summed E-state index contributed by atoms with van der Waals surface area (Å²) in [4.78, 5) is 0. The maximum absolute atomic E-state index is 10.7. The fourth-order valence-electron chi connectivity index (χ4n) is 8.76. The Morgan fingerprint density at radius 2 is 0.621 bits per heavy atom. The highest BCUT2D eigenvalue weighted by molar-refractivity contribution is 6.13. The van der Waals surface area contributed by atoms with Crippen molar-refractivity contribution in [1.29, 1.82) is 5.26 Å². The first-order valence-corrected chi connectivity index (χ1v) is 19.6. The monoisotopic (exact) mass is 737 g/mol. The minimum atomic E-state index is 0.595. The van der Waals surface area contributed by atoms with Crippen molar-refractivity contribution >= 4 is 43.6 Å². The molecule has 270 valence electrons. The molecule has 3 nitrogen and oxygen atoms in total. The van der Waals surface area contributed by atoms with Crippen molar-refractivity contribution in [3.8, 4) is 62.0 Å². The molecule has 0 radical (unpaired) electrons. The first-order valence-electron chi connectivity index (χ1n) is 19.6. The minimum absolute atomic E-state index is 0.595. The van der Waals surface area contributed by atoms with Crippen LogP contribution in [-0.4, -0.2) is 9.13 Å². The molecule has 0 unspecified atom stereocenters. The smallest absolute Gasteiger partial charge is 0.0993 e. The molecule has 0 bridgehead atoms. The zero-order valence-electron chi connectivity index (χ0n) is 31.5. The molecule has 3 heteroatoms. The Kier molecular flexibility index (Phi) is 7.88. The summed E-state index contributed by atoms with van der Waals surface area (Å²) in [7, 11) is 0. The van der Waals surface area contributed by atoms with E-state index in [0.29, 0.717) is 5.56 Å². The van der Waals surface area contributed by atoms with Crippen LogP contribution in [0.4, 0.5) is 0 Å². The predicted octanol–water partition coefficient (Wildman–Crippen LogP) is 14.4. The largest absolute Gasteiger partial charge is 0.309 e. The van der Waals surface area contributed by atoms with E-state index < -0.39 is 0 Å². The van der Waals surface area contributed by atoms with Crippen LogP contribution in [-0.2, 0) is 0 Å². The molecule has 2 heterocycles. The van der Waals surface area contributed by atoms with Crippen LogP contribution in [0.3, 0.4) is 0 Å². The molecule has 0 aliphatic carbocycles. The van der Waals surface area contributed by atoms with Gasteiger partial charge in [0.25, 0.3) is 0 Å². The summed E-state index contributed by atoms with van der Waals surface area (Å²) < 4.78 is 4.68. The molecule has 0 saturated carbocycles. The predicted molar refractivity (Wildman–Crippen MR) is 242 cm³/mol. The molecule has 2 aromatic heterocycles. The number of benzene rings is 9. The van der Waals surface area contributed by atoms with Crippen molar-refractivity contribution in [2.45, 2.75) is 0 Å². The number of rotatable bonds is 6. The molecule has 11 aromatic rings. The number of aromatic nitrogens is 2. The van der Waals surface area contributed by atoms with Gasteiger partial charge in [-0.05, 0) is 99.1 Å². The van der Waals surface area contributed by atoms with E-state index in [1.165, 1.54) is 22.3 Å². The Hall–Kier alpha value is -7.93. The first kappa shape index (κ1) is 33.4. The molecule has 0 saturated heterocycles. The lowest BCUT2D eigenvalue weighted by molar-refractivity contribution is 1.13. The van der Waals surface area contributed by atoms with Crippen molar-refractivity contribution in [2.75, 3.05) is 0 Å². The van der Waals surface area contributed by atoms with Gasteiger partial charge in [-0.1, -0.05) is 158 Å². The summed E-state index contributed by atoms with van der Waals surface area (Å²) in [5.74, 6) is 0. The topological polar surface area (TPSA) is 33.6 Å². The van der Waals surface area contributed by atoms with Gasteiger partial charge in [0.2, 0.25) is 0 Å². The van der Waals surface area contributed by atoms with Gasteiger partial charge in [-0.15, -0.1) is 0 Å². The van der Waals surface area contributed by atoms with Gasteiger partial charge in [-0.3, -0.25) is 0 Å². The highest BCUT2D eigenvalue weighted by atomic mass is 15.0. The van der Waals surface area contributed by atoms with Crippen LogP contribution in [0.15, 0.2) is 212 Å². The van der Waals surface area contributed by atoms with Gasteiger partial charge in [-0.25, -0.2) is 0 Å². The summed E-state index contributed by atoms with van der Waals surface area (Å²) in [5, 5.41) is 15.3. The van der Waals surface area contributed by atoms with Gasteiger partial charge >= 0.3 is 0 Å². The second kappa shape index (κ2) is 13.7. The third-order valence-electron chi connectivity index (χ3n) is 11.5. The maximum Gasteiger partial charge on any atom is 0.0993 e. The molecular weight excluding hydrogens is 703 g/mol. The van der Waals surface area contributed by atoms with Crippen LogP contribution in [0, 0.1) is 11.3 Å². The third kappa shape index (κ3) is 5.59. The lowest BCUT2D eigenvalue weighted by atomic mass is 10.0. The molecular formula is C55H35N3. The van der Waals surface area contributed by atoms with Gasteiger partial charge < -0.3 is 9.13 Å². The van der Waals surface area contributed by atoms with Gasteiger partial charge in [0.1, 0.15) is 0 Å². The van der Waals surface area contributed by atoms with Crippen LogP contribution in [0.2, 0.25) is 0 Å². The van der Waals surface area contributed by atoms with Crippen molar-refractivity contribution in [2.24, 2.45) is 0 Å². The van der Waals surface area contributed by atoms with Crippen molar-refractivity contribution in [3.63, 3.8) is 0 Å². The third-order valence-corrected chi connectivity index (χ3v) is 11.5. The van der Waals surface area contributed by atoms with Crippen molar-refractivity contribution in [1.82, 2.24) is 9.13 Å². The van der Waals surface area contributed by atoms with Crippen LogP contribution in [0.25, 0.3) is 99.5 Å². The van der Waals surface area contributed by atoms with Crippen molar-refractivity contribution < 1.29 is 0 Å². The summed E-state index contributed by atoms with van der Waals surface area (Å²) in [6.45, 7) is 0. The lowest BCUT2D eigenvalue weighted by Crippen LogP contribution is -2.00. The fraction of sp³-hybridized carbons (Fsp3) is 0. The van der Waals surface area contributed by atoms with E-state index in [0.717, 1.165) is 77.2 Å². The lowest BCUT2D eigenvalue weighted by Gasteiger charge is -2.15. The second-order valence-corrected chi connectivity index (χ2v) is 14.9. The molecule has 58 heavy (non-hydrogen) atoms. The van der Waals surface area contributed by atoms with E-state index in [1.807, 2.05) is 12.1 Å². The standard InChI is InChI=1S/C55H35N3/c56-36-37-29-46(57-52-27-23-42(38-13-5-1-6-14-38)31-50(52)48-25-21-44(33-54(48)57)40-17-9-3-10-18-40)35-47(30-37)58-53-28-24-43(39-15-7-2-8-16-39)32-51(53)49-26-22-45(34-55(49)58)41-19-11-4-12-20-41/h1-35H. The molecule has 0 fully saturated rings. The molecule has 0 aliphatic rings. The molecule has 0 N–H and O–H groups in total. The van der Waals surface area contributed by atoms with E-state index in [1.54, 1.807) is 0 Å². The zero-order chi connectivity index (χ0) is 38.6. The van der Waals surface area contributed by atoms with E-state index in [9.17, 15) is 5.26 Å². The van der Waals surface area contributed by atoms with E-state index in [2.05, 4.69) is 215 Å². The SMILES string of the molecule is N#Cc1cc(-n2c3ccc(-c4ccccc4)cc3c3ccc(-c4ccccc4)cc32)cc(-n2c3ccc(-c4ccccc4)cc3c3ccc(-c4ccccc4)cc32)c1. The van der Waals surface area contributed by atoms with E-state index >= 15 is 0 Å². The highest BCUT2D eigenvalue weighted by Gasteiger charge is 2.19. The Morgan fingerprint density at radius 1 is 0.276 bits per heavy atom. The average molecular weight is 738 g/mol. The Balaban J connectivity index is 1.19. The quantitative estimate of drug-likeness (QED) is 0.167. The van der Waals surface area contributed by atoms with Gasteiger partial charge in [0.05, 0.1) is 33.7 Å². The number of fused-ring (bicyclic) bond motifs is 6. The average Bonchev–Trinajstić information content (AvgIpc) is 3.81. The molecule has 11 rings (SSSR count). The Bertz CT molecular complexity index is 3150. The Labute approximate surface area is 336 Å². The highest BCUT2D eigenvalue weighted by Crippen LogP contribution is 2.40. The van der Waals surface area contributed by atoms with Crippen LogP contribution in [0.1, 0.15) is 5.56 Å². The zero-order valence-corrected chi connectivity index (χ0v) is 31.5.